The third-order valence-corrected chi connectivity index (χ3v) is 8.10. The second kappa shape index (κ2) is 9.56. The van der Waals surface area contributed by atoms with Gasteiger partial charge in [0.1, 0.15) is 16.4 Å². The average molecular weight is 473 g/mol. The molecule has 0 aliphatic carbocycles. The first-order chi connectivity index (χ1) is 15.3. The quantitative estimate of drug-likeness (QED) is 0.568. The van der Waals surface area contributed by atoms with Crippen LogP contribution in [0, 0.1) is 13.8 Å². The molecule has 0 unspecified atom stereocenters. The van der Waals surface area contributed by atoms with Gasteiger partial charge < -0.3 is 9.47 Å². The Morgan fingerprint density at radius 2 is 1.91 bits per heavy atom. The third-order valence-electron chi connectivity index (χ3n) is 5.75. The number of amides is 1. The van der Waals surface area contributed by atoms with Crippen molar-refractivity contribution in [2.75, 3.05) is 13.1 Å². The number of benzene rings is 1. The molecule has 0 saturated carbocycles. The molecule has 0 atom stereocenters. The molecule has 32 heavy (non-hydrogen) atoms. The Bertz CT molecular complexity index is 1210. The zero-order valence-corrected chi connectivity index (χ0v) is 20.0. The van der Waals surface area contributed by atoms with Crippen molar-refractivity contribution in [3.05, 3.63) is 58.7 Å². The fourth-order valence-corrected chi connectivity index (χ4v) is 5.74. The van der Waals surface area contributed by atoms with E-state index in [0.717, 1.165) is 49.2 Å². The van der Waals surface area contributed by atoms with Crippen LogP contribution < -0.4 is 4.72 Å². The van der Waals surface area contributed by atoms with E-state index in [1.54, 1.807) is 16.8 Å². The van der Waals surface area contributed by atoms with E-state index in [1.807, 2.05) is 48.4 Å². The smallest absolute Gasteiger partial charge is 0.242 e. The van der Waals surface area contributed by atoms with Crippen LogP contribution in [0.1, 0.15) is 36.1 Å². The molecule has 9 heteroatoms. The van der Waals surface area contributed by atoms with Gasteiger partial charge in [-0.2, -0.15) is 0 Å². The minimum atomic E-state index is -3.76. The summed E-state index contributed by atoms with van der Waals surface area (Å²) in [6, 6.07) is 9.29. The van der Waals surface area contributed by atoms with Gasteiger partial charge >= 0.3 is 0 Å². The zero-order chi connectivity index (χ0) is 22.7. The highest BCUT2D eigenvalue weighted by Gasteiger charge is 2.23. The first-order valence-corrected chi connectivity index (χ1v) is 13.1. The largest absolute Gasteiger partial charge is 0.341 e. The first kappa shape index (κ1) is 22.7. The molecule has 1 saturated heterocycles. The van der Waals surface area contributed by atoms with Gasteiger partial charge in [0.2, 0.25) is 15.9 Å². The van der Waals surface area contributed by atoms with Gasteiger partial charge in [-0.05, 0) is 50.3 Å². The lowest BCUT2D eigenvalue weighted by Gasteiger charge is -2.27. The third kappa shape index (κ3) is 5.11. The van der Waals surface area contributed by atoms with Gasteiger partial charge in [-0.25, -0.2) is 18.1 Å². The lowest BCUT2D eigenvalue weighted by molar-refractivity contribution is -0.132. The Hall–Kier alpha value is -2.49. The summed E-state index contributed by atoms with van der Waals surface area (Å²) in [6.07, 6.45) is 4.72. The van der Waals surface area contributed by atoms with Crippen molar-refractivity contribution in [2.24, 2.45) is 0 Å². The van der Waals surface area contributed by atoms with Crippen LogP contribution in [0.15, 0.2) is 46.8 Å². The lowest BCUT2D eigenvalue weighted by Crippen LogP contribution is -2.37. The van der Waals surface area contributed by atoms with Gasteiger partial charge in [-0.15, -0.1) is 11.3 Å². The Balaban J connectivity index is 1.60. The Kier molecular flexibility index (Phi) is 6.78. The van der Waals surface area contributed by atoms with Crippen LogP contribution in [0.4, 0.5) is 0 Å². The van der Waals surface area contributed by atoms with Gasteiger partial charge in [0.15, 0.2) is 0 Å². The standard InChI is InChI=1S/C23H28N4O3S2/c1-17-8-4-5-9-19(17)13-24-32(29,30)20-12-21(23-25-18(2)16-31-23)27(14-20)15-22(28)26-10-6-3-7-11-26/h4-5,8-9,12,14,16,24H,3,6-7,10-11,13,15H2,1-2H3. The summed E-state index contributed by atoms with van der Waals surface area (Å²) in [4.78, 5) is 19.4. The van der Waals surface area contributed by atoms with Crippen molar-refractivity contribution < 1.29 is 13.2 Å². The summed E-state index contributed by atoms with van der Waals surface area (Å²) in [5, 5.41) is 2.62. The molecule has 0 radical (unpaired) electrons. The van der Waals surface area contributed by atoms with Crippen molar-refractivity contribution in [1.29, 1.82) is 0 Å². The number of nitrogens with one attached hydrogen (secondary N) is 1. The summed E-state index contributed by atoms with van der Waals surface area (Å²) >= 11 is 1.44. The van der Waals surface area contributed by atoms with E-state index in [9.17, 15) is 13.2 Å². The van der Waals surface area contributed by atoms with Gasteiger partial charge in [0.25, 0.3) is 0 Å². The lowest BCUT2D eigenvalue weighted by atomic mass is 10.1. The highest BCUT2D eigenvalue weighted by Crippen LogP contribution is 2.28. The average Bonchev–Trinajstić information content (AvgIpc) is 3.40. The topological polar surface area (TPSA) is 84.3 Å². The summed E-state index contributed by atoms with van der Waals surface area (Å²) in [5.74, 6) is 0.00615. The number of aromatic nitrogens is 2. The van der Waals surface area contributed by atoms with Crippen LogP contribution in [-0.4, -0.2) is 41.9 Å². The van der Waals surface area contributed by atoms with Gasteiger partial charge in [0, 0.05) is 36.9 Å². The van der Waals surface area contributed by atoms with E-state index in [1.165, 1.54) is 11.3 Å². The minimum Gasteiger partial charge on any atom is -0.341 e. The van der Waals surface area contributed by atoms with E-state index in [-0.39, 0.29) is 23.9 Å². The van der Waals surface area contributed by atoms with Crippen LogP contribution in [0.25, 0.3) is 10.7 Å². The molecule has 3 aromatic rings. The predicted octanol–water partition coefficient (Wildman–Crippen LogP) is 3.72. The minimum absolute atomic E-state index is 0.00615. The molecule has 1 aromatic carbocycles. The van der Waals surface area contributed by atoms with Crippen LogP contribution in [0.3, 0.4) is 0 Å². The van der Waals surface area contributed by atoms with E-state index in [4.69, 9.17) is 0 Å². The molecule has 1 aliphatic rings. The second-order valence-electron chi connectivity index (χ2n) is 8.18. The van der Waals surface area contributed by atoms with Crippen molar-refractivity contribution in [3.8, 4) is 10.7 Å². The number of piperidine rings is 1. The van der Waals surface area contributed by atoms with Crippen molar-refractivity contribution >= 4 is 27.3 Å². The molecule has 1 N–H and O–H groups in total. The number of rotatable bonds is 7. The summed E-state index contributed by atoms with van der Waals surface area (Å²) < 4.78 is 30.6. The molecular weight excluding hydrogens is 444 g/mol. The normalized spacial score (nSPS) is 14.6. The summed E-state index contributed by atoms with van der Waals surface area (Å²) in [7, 11) is -3.76. The number of hydrogen-bond acceptors (Lipinski definition) is 5. The molecule has 3 heterocycles. The Morgan fingerprint density at radius 1 is 1.16 bits per heavy atom. The Labute approximate surface area is 193 Å². The fraction of sp³-hybridized carbons (Fsp3) is 0.391. The molecule has 0 spiro atoms. The molecule has 2 aromatic heterocycles. The fourth-order valence-electron chi connectivity index (χ4n) is 3.87. The van der Waals surface area contributed by atoms with Gasteiger partial charge in [0.05, 0.1) is 5.69 Å². The second-order valence-corrected chi connectivity index (χ2v) is 10.8. The van der Waals surface area contributed by atoms with E-state index >= 15 is 0 Å². The number of likely N-dealkylation sites (tertiary alicyclic amines) is 1. The van der Waals surface area contributed by atoms with Crippen molar-refractivity contribution in [3.63, 3.8) is 0 Å². The van der Waals surface area contributed by atoms with Crippen LogP contribution in [-0.2, 0) is 27.9 Å². The molecular formula is C23H28N4O3S2. The summed E-state index contributed by atoms with van der Waals surface area (Å²) in [5.41, 5.74) is 3.46. The van der Waals surface area contributed by atoms with Crippen LogP contribution in [0.5, 0.6) is 0 Å². The summed E-state index contributed by atoms with van der Waals surface area (Å²) in [6.45, 7) is 5.67. The van der Waals surface area contributed by atoms with Crippen molar-refractivity contribution in [1.82, 2.24) is 19.2 Å². The number of thiazole rings is 1. The number of carbonyl (C=O) groups is 1. The van der Waals surface area contributed by atoms with Gasteiger partial charge in [-0.3, -0.25) is 4.79 Å². The number of nitrogens with zero attached hydrogens (tertiary/aromatic N) is 3. The molecule has 1 aliphatic heterocycles. The van der Waals surface area contributed by atoms with E-state index < -0.39 is 10.0 Å². The number of aryl methyl sites for hydroxylation is 2. The van der Waals surface area contributed by atoms with Crippen LogP contribution in [0.2, 0.25) is 0 Å². The maximum Gasteiger partial charge on any atom is 0.242 e. The molecule has 4 rings (SSSR count). The molecule has 7 nitrogen and oxygen atoms in total. The predicted molar refractivity (Wildman–Crippen MR) is 126 cm³/mol. The number of hydrogen-bond donors (Lipinski definition) is 1. The first-order valence-electron chi connectivity index (χ1n) is 10.8. The maximum atomic E-state index is 13.1. The molecule has 170 valence electrons. The van der Waals surface area contributed by atoms with Crippen LogP contribution >= 0.6 is 11.3 Å². The highest BCUT2D eigenvalue weighted by molar-refractivity contribution is 7.89. The number of carbonyl (C=O) groups excluding carboxylic acids is 1. The molecule has 1 amide bonds. The molecule has 0 bridgehead atoms. The van der Waals surface area contributed by atoms with E-state index in [0.29, 0.717) is 10.7 Å². The monoisotopic (exact) mass is 472 g/mol. The maximum absolute atomic E-state index is 13.1. The number of sulfonamides is 1. The Morgan fingerprint density at radius 3 is 2.59 bits per heavy atom. The van der Waals surface area contributed by atoms with E-state index in [2.05, 4.69) is 9.71 Å². The van der Waals surface area contributed by atoms with Crippen molar-refractivity contribution in [2.45, 2.75) is 51.1 Å². The SMILES string of the molecule is Cc1csc(-c2cc(S(=O)(=O)NCc3ccccc3C)cn2CC(=O)N2CCCCC2)n1. The highest BCUT2D eigenvalue weighted by atomic mass is 32.2. The van der Waals surface area contributed by atoms with Gasteiger partial charge in [-0.1, -0.05) is 24.3 Å². The molecule has 1 fully saturated rings. The zero-order valence-electron chi connectivity index (χ0n) is 18.4.